The third kappa shape index (κ3) is 3.79. The topological polar surface area (TPSA) is 174 Å². The molecule has 0 unspecified atom stereocenters. The van der Waals surface area contributed by atoms with Gasteiger partial charge in [0, 0.05) is 29.2 Å². The van der Waals surface area contributed by atoms with E-state index in [-0.39, 0.29) is 29.7 Å². The molecule has 1 amide bonds. The zero-order valence-electron chi connectivity index (χ0n) is 22.2. The number of likely N-dealkylation sites (N-methyl/N-ethyl adjacent to an activating group) is 1. The van der Waals surface area contributed by atoms with Crippen LogP contribution in [0, 0.1) is 11.8 Å². The van der Waals surface area contributed by atoms with Gasteiger partial charge in [0.2, 0.25) is 5.78 Å². The van der Waals surface area contributed by atoms with Gasteiger partial charge in [0.1, 0.15) is 28.6 Å². The van der Waals surface area contributed by atoms with Gasteiger partial charge < -0.3 is 30.9 Å². The number of aliphatic hydroxyl groups is 3. The molecular weight excluding hydrogens is 494 g/mol. The van der Waals surface area contributed by atoms with Crippen LogP contribution < -0.4 is 10.5 Å². The van der Waals surface area contributed by atoms with Gasteiger partial charge in [-0.25, -0.2) is 0 Å². The van der Waals surface area contributed by atoms with E-state index in [1.807, 2.05) is 13.8 Å². The number of fused-ring (bicyclic) bond motifs is 3. The number of nitrogens with two attached hydrogens (primary N) is 1. The monoisotopic (exact) mass is 529 g/mol. The summed E-state index contributed by atoms with van der Waals surface area (Å²) in [5.41, 5.74) is 2.79. The van der Waals surface area contributed by atoms with Crippen molar-refractivity contribution in [1.29, 1.82) is 0 Å². The van der Waals surface area contributed by atoms with Crippen molar-refractivity contribution in [2.45, 2.75) is 44.9 Å². The standard InChI is InChI=1S/C27H35N3O8/c1-6-30(7-2)11-13-10-16(31)18-14(23(13)38-5)8-12-9-15-20(29(3)4)22(33)19(26(28)36)25(35)27(15,37)24(34)17(12)21(18)32/h10,12,15,20,31,33-34,37H,6-9,11H2,1-5H3,(H2,28,36)/t12-,15-,20-,27-/m0/s1. The van der Waals surface area contributed by atoms with Gasteiger partial charge in [-0.1, -0.05) is 13.8 Å². The highest BCUT2D eigenvalue weighted by Crippen LogP contribution is 2.53. The molecule has 0 aromatic heterocycles. The second kappa shape index (κ2) is 9.72. The van der Waals surface area contributed by atoms with Crippen molar-refractivity contribution in [3.8, 4) is 11.5 Å². The van der Waals surface area contributed by atoms with E-state index in [0.717, 1.165) is 13.1 Å². The molecule has 0 fully saturated rings. The van der Waals surface area contributed by atoms with E-state index in [1.54, 1.807) is 14.1 Å². The van der Waals surface area contributed by atoms with Gasteiger partial charge in [-0.3, -0.25) is 24.2 Å². The van der Waals surface area contributed by atoms with Crippen LogP contribution in [-0.4, -0.2) is 93.6 Å². The number of hydrogen-bond donors (Lipinski definition) is 5. The maximum atomic E-state index is 13.8. The van der Waals surface area contributed by atoms with Gasteiger partial charge >= 0.3 is 0 Å². The molecule has 0 radical (unpaired) electrons. The van der Waals surface area contributed by atoms with E-state index in [2.05, 4.69) is 4.90 Å². The molecule has 0 saturated carbocycles. The number of aliphatic hydroxyl groups excluding tert-OH is 2. The zero-order chi connectivity index (χ0) is 28.3. The number of primary amides is 1. The largest absolute Gasteiger partial charge is 0.510 e. The lowest BCUT2D eigenvalue weighted by Crippen LogP contribution is -2.63. The first kappa shape index (κ1) is 27.6. The molecule has 0 saturated heterocycles. The Morgan fingerprint density at radius 1 is 1.18 bits per heavy atom. The van der Waals surface area contributed by atoms with Crippen LogP contribution in [0.25, 0.3) is 0 Å². The van der Waals surface area contributed by atoms with Crippen LogP contribution in [0.2, 0.25) is 0 Å². The number of nitrogens with zero attached hydrogens (tertiary/aromatic N) is 2. The number of phenols is 1. The first-order chi connectivity index (χ1) is 17.8. The van der Waals surface area contributed by atoms with E-state index < -0.39 is 58.0 Å². The van der Waals surface area contributed by atoms with E-state index in [4.69, 9.17) is 10.5 Å². The third-order valence-corrected chi connectivity index (χ3v) is 8.24. The molecule has 0 aliphatic heterocycles. The molecule has 3 aliphatic rings. The Labute approximate surface area is 220 Å². The SMILES string of the molecule is CCN(CC)Cc1cc(O)c2c(c1OC)C[C@H]1C[C@H]3[C@H](N(C)C)C(O)=C(C(N)=O)C(=O)[C@@]3(O)C(O)=C1C2=O. The van der Waals surface area contributed by atoms with E-state index >= 15 is 0 Å². The van der Waals surface area contributed by atoms with Crippen LogP contribution in [0.3, 0.4) is 0 Å². The summed E-state index contributed by atoms with van der Waals surface area (Å²) >= 11 is 0. The summed E-state index contributed by atoms with van der Waals surface area (Å²) in [7, 11) is 4.67. The zero-order valence-corrected chi connectivity index (χ0v) is 22.2. The van der Waals surface area contributed by atoms with Crippen molar-refractivity contribution in [1.82, 2.24) is 9.80 Å². The average Bonchev–Trinajstić information content (AvgIpc) is 2.84. The summed E-state index contributed by atoms with van der Waals surface area (Å²) in [6, 6.07) is 0.427. The van der Waals surface area contributed by atoms with Crippen LogP contribution in [-0.2, 0) is 22.6 Å². The number of ether oxygens (including phenoxy) is 1. The minimum absolute atomic E-state index is 0.0238. The fraction of sp³-hybridized carbons (Fsp3) is 0.519. The Bertz CT molecular complexity index is 1280. The number of allylic oxidation sites excluding steroid dienone is 1. The molecule has 4 rings (SSSR count). The fourth-order valence-electron chi connectivity index (χ4n) is 6.42. The maximum Gasteiger partial charge on any atom is 0.255 e. The number of rotatable bonds is 7. The lowest BCUT2D eigenvalue weighted by Gasteiger charge is -2.50. The van der Waals surface area contributed by atoms with Crippen LogP contribution in [0.15, 0.2) is 28.7 Å². The van der Waals surface area contributed by atoms with Gasteiger partial charge in [-0.2, -0.15) is 0 Å². The minimum Gasteiger partial charge on any atom is -0.510 e. The molecule has 1 aromatic rings. The number of carbonyl (C=O) groups excluding carboxylic acids is 3. The molecule has 3 aliphatic carbocycles. The number of carbonyl (C=O) groups is 3. The summed E-state index contributed by atoms with van der Waals surface area (Å²) in [5.74, 6) is -6.30. The second-order valence-corrected chi connectivity index (χ2v) is 10.4. The third-order valence-electron chi connectivity index (χ3n) is 8.24. The van der Waals surface area contributed by atoms with Crippen molar-refractivity contribution in [3.63, 3.8) is 0 Å². The van der Waals surface area contributed by atoms with Crippen LogP contribution in [0.5, 0.6) is 11.5 Å². The molecule has 11 nitrogen and oxygen atoms in total. The number of methoxy groups -OCH3 is 1. The summed E-state index contributed by atoms with van der Waals surface area (Å²) in [6.45, 7) is 6.05. The fourth-order valence-corrected chi connectivity index (χ4v) is 6.42. The average molecular weight is 530 g/mol. The highest BCUT2D eigenvalue weighted by Gasteiger charge is 2.63. The normalized spacial score (nSPS) is 27.0. The molecule has 1 aromatic carbocycles. The maximum absolute atomic E-state index is 13.8. The first-order valence-electron chi connectivity index (χ1n) is 12.6. The van der Waals surface area contributed by atoms with Gasteiger partial charge in [0.25, 0.3) is 5.91 Å². The van der Waals surface area contributed by atoms with E-state index in [1.165, 1.54) is 18.1 Å². The Morgan fingerprint density at radius 3 is 2.34 bits per heavy atom. The molecule has 206 valence electrons. The Morgan fingerprint density at radius 2 is 1.82 bits per heavy atom. The Kier molecular flexibility index (Phi) is 7.06. The predicted molar refractivity (Wildman–Crippen MR) is 137 cm³/mol. The number of phenolic OH excluding ortho intramolecular Hbond substituents is 1. The van der Waals surface area contributed by atoms with Crippen LogP contribution in [0.1, 0.15) is 41.8 Å². The number of amides is 1. The van der Waals surface area contributed by atoms with Crippen molar-refractivity contribution in [2.24, 2.45) is 17.6 Å². The number of hydrogen-bond acceptors (Lipinski definition) is 10. The number of Topliss-reactive ketones (excluding diaryl/α,β-unsaturated/α-hetero) is 2. The van der Waals surface area contributed by atoms with Crippen LogP contribution in [0.4, 0.5) is 0 Å². The second-order valence-electron chi connectivity index (χ2n) is 10.4. The molecule has 0 heterocycles. The van der Waals surface area contributed by atoms with Crippen molar-refractivity contribution in [2.75, 3.05) is 34.3 Å². The van der Waals surface area contributed by atoms with Crippen molar-refractivity contribution >= 4 is 17.5 Å². The van der Waals surface area contributed by atoms with E-state index in [0.29, 0.717) is 23.4 Å². The lowest BCUT2D eigenvalue weighted by molar-refractivity contribution is -0.148. The molecule has 4 atom stereocenters. The highest BCUT2D eigenvalue weighted by atomic mass is 16.5. The minimum atomic E-state index is -2.66. The van der Waals surface area contributed by atoms with Gasteiger partial charge in [0.05, 0.1) is 18.7 Å². The molecule has 38 heavy (non-hydrogen) atoms. The Hall–Kier alpha value is -3.41. The lowest BCUT2D eigenvalue weighted by atomic mass is 9.58. The molecule has 0 bridgehead atoms. The molecule has 6 N–H and O–H groups in total. The molecule has 0 spiro atoms. The first-order valence-corrected chi connectivity index (χ1v) is 12.6. The van der Waals surface area contributed by atoms with Gasteiger partial charge in [0.15, 0.2) is 11.4 Å². The van der Waals surface area contributed by atoms with Crippen molar-refractivity contribution < 1.29 is 39.5 Å². The summed E-state index contributed by atoms with van der Waals surface area (Å²) in [6.07, 6.45) is 0.202. The van der Waals surface area contributed by atoms with Crippen molar-refractivity contribution in [3.05, 3.63) is 45.4 Å². The quantitative estimate of drug-likeness (QED) is 0.320. The van der Waals surface area contributed by atoms with Gasteiger partial charge in [-0.05, 0) is 52.0 Å². The highest BCUT2D eigenvalue weighted by molar-refractivity contribution is 6.24. The number of ketones is 2. The summed E-state index contributed by atoms with van der Waals surface area (Å²) < 4.78 is 5.72. The summed E-state index contributed by atoms with van der Waals surface area (Å²) in [4.78, 5) is 42.9. The smallest absolute Gasteiger partial charge is 0.255 e. The Balaban J connectivity index is 1.92. The van der Waals surface area contributed by atoms with Crippen LogP contribution >= 0.6 is 0 Å². The number of benzene rings is 1. The van der Waals surface area contributed by atoms with Gasteiger partial charge in [-0.15, -0.1) is 0 Å². The predicted octanol–water partition coefficient (Wildman–Crippen LogP) is 0.971. The molecular formula is C27H35N3O8. The van der Waals surface area contributed by atoms with E-state index in [9.17, 15) is 34.8 Å². The number of aromatic hydroxyl groups is 1. The summed E-state index contributed by atoms with van der Waals surface area (Å²) in [5, 5.41) is 44.8. The molecule has 11 heteroatoms.